The molecule has 1 aromatic rings. The summed E-state index contributed by atoms with van der Waals surface area (Å²) in [6.45, 7) is 4.04. The maximum Gasteiger partial charge on any atom is 0.308 e. The van der Waals surface area contributed by atoms with Gasteiger partial charge in [0.25, 0.3) is 0 Å². The van der Waals surface area contributed by atoms with Gasteiger partial charge in [-0.05, 0) is 17.9 Å². The summed E-state index contributed by atoms with van der Waals surface area (Å²) in [5.41, 5.74) is 1.27. The van der Waals surface area contributed by atoms with E-state index in [4.69, 9.17) is 4.74 Å². The van der Waals surface area contributed by atoms with Gasteiger partial charge in [-0.15, -0.1) is 0 Å². The molecule has 15 heavy (non-hydrogen) atoms. The highest BCUT2D eigenvalue weighted by molar-refractivity contribution is 5.71. The Hall–Kier alpha value is -1.31. The molecule has 2 atom stereocenters. The largest absolute Gasteiger partial charge is 0.469 e. The molecule has 0 saturated carbocycles. The van der Waals surface area contributed by atoms with Crippen LogP contribution in [0.15, 0.2) is 30.3 Å². The lowest BCUT2D eigenvalue weighted by molar-refractivity contribution is -0.145. The molecule has 0 aliphatic carbocycles. The Morgan fingerprint density at radius 3 is 2.40 bits per heavy atom. The van der Waals surface area contributed by atoms with Gasteiger partial charge in [0.2, 0.25) is 0 Å². The first kappa shape index (κ1) is 11.8. The summed E-state index contributed by atoms with van der Waals surface area (Å²) in [5, 5.41) is 0. The molecular formula is C13H18O2. The van der Waals surface area contributed by atoms with E-state index < -0.39 is 0 Å². The minimum absolute atomic E-state index is 0.0368. The summed E-state index contributed by atoms with van der Waals surface area (Å²) in [7, 11) is 1.44. The van der Waals surface area contributed by atoms with Gasteiger partial charge < -0.3 is 4.74 Å². The number of rotatable bonds is 4. The summed E-state index contributed by atoms with van der Waals surface area (Å²) in [4.78, 5) is 11.3. The number of methoxy groups -OCH3 is 1. The molecule has 0 bridgehead atoms. The van der Waals surface area contributed by atoms with E-state index in [9.17, 15) is 4.79 Å². The third-order valence-electron chi connectivity index (χ3n) is 2.68. The number of ether oxygens (including phenoxy) is 1. The SMILES string of the molecule is COC(=O)[C@@H](C)C[C@@H](C)c1ccccc1. The summed E-state index contributed by atoms with van der Waals surface area (Å²) in [6.07, 6.45) is 0.830. The number of benzene rings is 1. The predicted molar refractivity (Wildman–Crippen MR) is 60.7 cm³/mol. The number of esters is 1. The van der Waals surface area contributed by atoms with Crippen LogP contribution in [-0.2, 0) is 9.53 Å². The van der Waals surface area contributed by atoms with E-state index in [1.807, 2.05) is 25.1 Å². The zero-order chi connectivity index (χ0) is 11.3. The summed E-state index contributed by atoms with van der Waals surface area (Å²) in [5.74, 6) is 0.225. The molecule has 1 rings (SSSR count). The molecule has 0 aliphatic rings. The zero-order valence-corrected chi connectivity index (χ0v) is 9.57. The molecule has 2 heteroatoms. The second-order valence-electron chi connectivity index (χ2n) is 3.97. The second-order valence-corrected chi connectivity index (χ2v) is 3.97. The van der Waals surface area contributed by atoms with Crippen molar-refractivity contribution in [1.29, 1.82) is 0 Å². The van der Waals surface area contributed by atoms with E-state index in [2.05, 4.69) is 19.1 Å². The van der Waals surface area contributed by atoms with Crippen LogP contribution in [0, 0.1) is 5.92 Å². The lowest BCUT2D eigenvalue weighted by Crippen LogP contribution is -2.15. The fraction of sp³-hybridized carbons (Fsp3) is 0.462. The van der Waals surface area contributed by atoms with Gasteiger partial charge >= 0.3 is 5.97 Å². The van der Waals surface area contributed by atoms with Crippen molar-refractivity contribution in [3.63, 3.8) is 0 Å². The normalized spacial score (nSPS) is 14.3. The minimum atomic E-state index is -0.127. The standard InChI is InChI=1S/C13H18O2/c1-10(9-11(2)13(14)15-3)12-7-5-4-6-8-12/h4-8,10-11H,9H2,1-3H3/t10-,11+/m1/s1. The van der Waals surface area contributed by atoms with Crippen molar-refractivity contribution in [2.24, 2.45) is 5.92 Å². The van der Waals surface area contributed by atoms with Crippen LogP contribution in [0.3, 0.4) is 0 Å². The van der Waals surface area contributed by atoms with Gasteiger partial charge in [0, 0.05) is 0 Å². The van der Waals surface area contributed by atoms with E-state index >= 15 is 0 Å². The molecule has 0 aliphatic heterocycles. The second kappa shape index (κ2) is 5.54. The van der Waals surface area contributed by atoms with Crippen molar-refractivity contribution >= 4 is 5.97 Å². The van der Waals surface area contributed by atoms with Crippen LogP contribution in [0.1, 0.15) is 31.7 Å². The van der Waals surface area contributed by atoms with E-state index in [1.165, 1.54) is 12.7 Å². The van der Waals surface area contributed by atoms with E-state index in [1.54, 1.807) is 0 Å². The Morgan fingerprint density at radius 1 is 1.27 bits per heavy atom. The van der Waals surface area contributed by atoms with Gasteiger partial charge in [-0.2, -0.15) is 0 Å². The van der Waals surface area contributed by atoms with Crippen LogP contribution in [0.25, 0.3) is 0 Å². The van der Waals surface area contributed by atoms with Crippen molar-refractivity contribution in [2.75, 3.05) is 7.11 Å². The van der Waals surface area contributed by atoms with Gasteiger partial charge in [0.05, 0.1) is 13.0 Å². The van der Waals surface area contributed by atoms with Crippen LogP contribution in [0.2, 0.25) is 0 Å². The first-order chi connectivity index (χ1) is 7.15. The lowest BCUT2D eigenvalue weighted by Gasteiger charge is -2.15. The molecule has 0 heterocycles. The third-order valence-corrected chi connectivity index (χ3v) is 2.68. The molecule has 0 radical (unpaired) electrons. The molecular weight excluding hydrogens is 188 g/mol. The van der Waals surface area contributed by atoms with E-state index in [0.29, 0.717) is 5.92 Å². The van der Waals surface area contributed by atoms with Crippen molar-refractivity contribution in [2.45, 2.75) is 26.2 Å². The fourth-order valence-corrected chi connectivity index (χ4v) is 1.75. The van der Waals surface area contributed by atoms with Crippen LogP contribution in [0.5, 0.6) is 0 Å². The van der Waals surface area contributed by atoms with Crippen molar-refractivity contribution < 1.29 is 9.53 Å². The minimum Gasteiger partial charge on any atom is -0.469 e. The molecule has 0 fully saturated rings. The molecule has 0 amide bonds. The van der Waals surface area contributed by atoms with Gasteiger partial charge in [-0.1, -0.05) is 44.2 Å². The number of hydrogen-bond acceptors (Lipinski definition) is 2. The predicted octanol–water partition coefficient (Wildman–Crippen LogP) is 2.99. The first-order valence-corrected chi connectivity index (χ1v) is 5.28. The zero-order valence-electron chi connectivity index (χ0n) is 9.57. The third kappa shape index (κ3) is 3.39. The van der Waals surface area contributed by atoms with Crippen LogP contribution in [-0.4, -0.2) is 13.1 Å². The molecule has 0 spiro atoms. The fourth-order valence-electron chi connectivity index (χ4n) is 1.75. The highest BCUT2D eigenvalue weighted by atomic mass is 16.5. The molecule has 2 nitrogen and oxygen atoms in total. The summed E-state index contributed by atoms with van der Waals surface area (Å²) < 4.78 is 4.71. The maximum atomic E-state index is 11.3. The Kier molecular flexibility index (Phi) is 4.35. The summed E-state index contributed by atoms with van der Waals surface area (Å²) >= 11 is 0. The monoisotopic (exact) mass is 206 g/mol. The molecule has 0 aromatic heterocycles. The van der Waals surface area contributed by atoms with E-state index in [-0.39, 0.29) is 11.9 Å². The molecule has 1 aromatic carbocycles. The number of carbonyl (C=O) groups excluding carboxylic acids is 1. The average molecular weight is 206 g/mol. The number of hydrogen-bond donors (Lipinski definition) is 0. The first-order valence-electron chi connectivity index (χ1n) is 5.28. The highest BCUT2D eigenvalue weighted by Crippen LogP contribution is 2.23. The Bertz CT molecular complexity index is 306. The molecule has 82 valence electrons. The van der Waals surface area contributed by atoms with Crippen LogP contribution in [0.4, 0.5) is 0 Å². The Morgan fingerprint density at radius 2 is 1.87 bits per heavy atom. The maximum absolute atomic E-state index is 11.3. The van der Waals surface area contributed by atoms with Crippen LogP contribution >= 0.6 is 0 Å². The Labute approximate surface area is 91.3 Å². The van der Waals surface area contributed by atoms with Crippen LogP contribution < -0.4 is 0 Å². The van der Waals surface area contributed by atoms with Gasteiger partial charge in [0.1, 0.15) is 0 Å². The summed E-state index contributed by atoms with van der Waals surface area (Å²) in [6, 6.07) is 10.2. The van der Waals surface area contributed by atoms with Crippen molar-refractivity contribution in [3.8, 4) is 0 Å². The van der Waals surface area contributed by atoms with E-state index in [0.717, 1.165) is 6.42 Å². The quantitative estimate of drug-likeness (QED) is 0.708. The van der Waals surface area contributed by atoms with Crippen molar-refractivity contribution in [1.82, 2.24) is 0 Å². The van der Waals surface area contributed by atoms with Crippen molar-refractivity contribution in [3.05, 3.63) is 35.9 Å². The van der Waals surface area contributed by atoms with Gasteiger partial charge in [-0.25, -0.2) is 0 Å². The topological polar surface area (TPSA) is 26.3 Å². The molecule has 0 N–H and O–H groups in total. The highest BCUT2D eigenvalue weighted by Gasteiger charge is 2.17. The lowest BCUT2D eigenvalue weighted by atomic mass is 9.91. The number of carbonyl (C=O) groups is 1. The molecule has 0 saturated heterocycles. The molecule has 0 unspecified atom stereocenters. The Balaban J connectivity index is 2.56. The average Bonchev–Trinajstić information content (AvgIpc) is 2.29. The smallest absolute Gasteiger partial charge is 0.308 e. The van der Waals surface area contributed by atoms with Gasteiger partial charge in [-0.3, -0.25) is 4.79 Å². The van der Waals surface area contributed by atoms with Gasteiger partial charge in [0.15, 0.2) is 0 Å².